The molecule has 1 aromatic carbocycles. The molecular formula is C16H22ClNO5S. The summed E-state index contributed by atoms with van der Waals surface area (Å²) in [4.78, 5) is 0. The maximum atomic E-state index is 11.0. The van der Waals surface area contributed by atoms with Crippen LogP contribution in [0.25, 0.3) is 0 Å². The zero-order valence-electron chi connectivity index (χ0n) is 13.3. The van der Waals surface area contributed by atoms with E-state index in [9.17, 15) is 8.42 Å². The first-order chi connectivity index (χ1) is 11.4. The summed E-state index contributed by atoms with van der Waals surface area (Å²) in [5.74, 6) is -0.603. The van der Waals surface area contributed by atoms with Crippen molar-refractivity contribution in [1.29, 1.82) is 0 Å². The highest BCUT2D eigenvalue weighted by Gasteiger charge is 2.48. The van der Waals surface area contributed by atoms with E-state index in [0.29, 0.717) is 11.4 Å². The molecule has 134 valence electrons. The smallest absolute Gasteiger partial charge is 0.333 e. The Labute approximate surface area is 147 Å². The molecule has 0 radical (unpaired) electrons. The Morgan fingerprint density at radius 1 is 1.21 bits per heavy atom. The molecule has 0 amide bonds. The Bertz CT molecular complexity index is 675. The van der Waals surface area contributed by atoms with Crippen LogP contribution in [0.5, 0.6) is 0 Å². The third kappa shape index (κ3) is 4.28. The molecule has 2 fully saturated rings. The van der Waals surface area contributed by atoms with Crippen molar-refractivity contribution in [3.05, 3.63) is 34.9 Å². The molecule has 2 N–H and O–H groups in total. The molecule has 1 aliphatic carbocycles. The second-order valence-electron chi connectivity index (χ2n) is 6.29. The third-order valence-corrected chi connectivity index (χ3v) is 5.36. The van der Waals surface area contributed by atoms with Gasteiger partial charge in [0.15, 0.2) is 5.79 Å². The molecule has 8 heteroatoms. The van der Waals surface area contributed by atoms with Gasteiger partial charge in [0, 0.05) is 29.8 Å². The molecular weight excluding hydrogens is 354 g/mol. The van der Waals surface area contributed by atoms with Crippen LogP contribution in [0, 0.1) is 0 Å². The van der Waals surface area contributed by atoms with E-state index in [1.54, 1.807) is 0 Å². The van der Waals surface area contributed by atoms with Gasteiger partial charge in [-0.3, -0.25) is 4.18 Å². The first kappa shape index (κ1) is 18.1. The SMILES string of the molecule is NS(=O)(=O)OCCC1OC2(CCCCC2)OC1c1ccccc1Cl. The molecule has 1 saturated heterocycles. The van der Waals surface area contributed by atoms with Crippen molar-refractivity contribution in [2.24, 2.45) is 5.14 Å². The lowest BCUT2D eigenvalue weighted by Crippen LogP contribution is -2.33. The van der Waals surface area contributed by atoms with E-state index in [-0.39, 0.29) is 18.8 Å². The summed E-state index contributed by atoms with van der Waals surface area (Å²) in [6, 6.07) is 7.47. The van der Waals surface area contributed by atoms with Gasteiger partial charge < -0.3 is 9.47 Å². The highest BCUT2D eigenvalue weighted by Crippen LogP contribution is 2.48. The van der Waals surface area contributed by atoms with Gasteiger partial charge in [-0.2, -0.15) is 8.42 Å². The maximum absolute atomic E-state index is 11.0. The molecule has 3 rings (SSSR count). The van der Waals surface area contributed by atoms with Gasteiger partial charge >= 0.3 is 10.3 Å². The molecule has 2 atom stereocenters. The number of ether oxygens (including phenoxy) is 2. The van der Waals surface area contributed by atoms with Crippen LogP contribution in [-0.2, 0) is 24.0 Å². The average molecular weight is 376 g/mol. The summed E-state index contributed by atoms with van der Waals surface area (Å²) < 4.78 is 39.1. The summed E-state index contributed by atoms with van der Waals surface area (Å²) >= 11 is 6.32. The van der Waals surface area contributed by atoms with Crippen molar-refractivity contribution in [2.75, 3.05) is 6.61 Å². The quantitative estimate of drug-likeness (QED) is 0.854. The normalized spacial score (nSPS) is 26.8. The Hall–Kier alpha value is -0.700. The summed E-state index contributed by atoms with van der Waals surface area (Å²) in [6.07, 6.45) is 4.62. The van der Waals surface area contributed by atoms with Crippen molar-refractivity contribution in [3.8, 4) is 0 Å². The second kappa shape index (κ2) is 7.27. The van der Waals surface area contributed by atoms with Crippen molar-refractivity contribution in [1.82, 2.24) is 0 Å². The Morgan fingerprint density at radius 2 is 1.92 bits per heavy atom. The highest BCUT2D eigenvalue weighted by atomic mass is 35.5. The lowest BCUT2D eigenvalue weighted by molar-refractivity contribution is -0.195. The minimum absolute atomic E-state index is 0.0517. The molecule has 0 aromatic heterocycles. The van der Waals surface area contributed by atoms with E-state index in [1.165, 1.54) is 6.42 Å². The predicted octanol–water partition coefficient (Wildman–Crippen LogP) is 3.07. The fourth-order valence-corrected chi connectivity index (χ4v) is 4.03. The molecule has 1 aromatic rings. The number of halogens is 1. The van der Waals surface area contributed by atoms with Gasteiger partial charge in [-0.1, -0.05) is 36.2 Å². The predicted molar refractivity (Wildman–Crippen MR) is 89.6 cm³/mol. The van der Waals surface area contributed by atoms with Crippen LogP contribution in [0.4, 0.5) is 0 Å². The molecule has 2 aliphatic rings. The van der Waals surface area contributed by atoms with Gasteiger partial charge in [0.2, 0.25) is 0 Å². The van der Waals surface area contributed by atoms with Crippen LogP contribution >= 0.6 is 11.6 Å². The number of rotatable bonds is 5. The van der Waals surface area contributed by atoms with Gasteiger partial charge in [-0.15, -0.1) is 0 Å². The van der Waals surface area contributed by atoms with Gasteiger partial charge in [0.25, 0.3) is 0 Å². The average Bonchev–Trinajstić information content (AvgIpc) is 2.85. The van der Waals surface area contributed by atoms with Crippen LogP contribution in [0.1, 0.15) is 50.2 Å². The third-order valence-electron chi connectivity index (χ3n) is 4.52. The Morgan fingerprint density at radius 3 is 2.58 bits per heavy atom. The molecule has 1 aliphatic heterocycles. The minimum Gasteiger partial charge on any atom is -0.344 e. The van der Waals surface area contributed by atoms with Crippen molar-refractivity contribution >= 4 is 21.9 Å². The first-order valence-corrected chi connectivity index (χ1v) is 10.0. The summed E-state index contributed by atoms with van der Waals surface area (Å²) in [7, 11) is -3.96. The number of hydrogen-bond acceptors (Lipinski definition) is 5. The molecule has 1 saturated carbocycles. The van der Waals surface area contributed by atoms with E-state index in [2.05, 4.69) is 4.18 Å². The lowest BCUT2D eigenvalue weighted by atomic mass is 9.94. The largest absolute Gasteiger partial charge is 0.344 e. The van der Waals surface area contributed by atoms with Crippen molar-refractivity contribution in [2.45, 2.75) is 56.5 Å². The van der Waals surface area contributed by atoms with Gasteiger partial charge in [0.05, 0.1) is 12.7 Å². The first-order valence-electron chi connectivity index (χ1n) is 8.16. The topological polar surface area (TPSA) is 87.9 Å². The molecule has 1 spiro atoms. The summed E-state index contributed by atoms with van der Waals surface area (Å²) in [5.41, 5.74) is 0.849. The summed E-state index contributed by atoms with van der Waals surface area (Å²) in [5, 5.41) is 5.49. The molecule has 24 heavy (non-hydrogen) atoms. The van der Waals surface area contributed by atoms with E-state index in [4.69, 9.17) is 26.2 Å². The zero-order valence-corrected chi connectivity index (χ0v) is 14.9. The van der Waals surface area contributed by atoms with E-state index in [0.717, 1.165) is 31.2 Å². The fourth-order valence-electron chi connectivity index (χ4n) is 3.46. The number of hydrogen-bond donors (Lipinski definition) is 1. The molecule has 6 nitrogen and oxygen atoms in total. The van der Waals surface area contributed by atoms with Crippen molar-refractivity contribution in [3.63, 3.8) is 0 Å². The van der Waals surface area contributed by atoms with Gasteiger partial charge in [-0.25, -0.2) is 5.14 Å². The lowest BCUT2D eigenvalue weighted by Gasteiger charge is -2.32. The van der Waals surface area contributed by atoms with Crippen LogP contribution < -0.4 is 5.14 Å². The van der Waals surface area contributed by atoms with E-state index >= 15 is 0 Å². The monoisotopic (exact) mass is 375 g/mol. The van der Waals surface area contributed by atoms with Crippen LogP contribution in [0.15, 0.2) is 24.3 Å². The standard InChI is InChI=1S/C16H22ClNO5S/c17-13-7-3-2-6-12(13)15-14(8-11-21-24(18,19)20)22-16(23-15)9-4-1-5-10-16/h2-3,6-7,14-15H,1,4-5,8-11H2,(H2,18,19,20). The number of nitrogens with two attached hydrogens (primary N) is 1. The second-order valence-corrected chi connectivity index (χ2v) is 7.92. The van der Waals surface area contributed by atoms with E-state index in [1.807, 2.05) is 24.3 Å². The van der Waals surface area contributed by atoms with Crippen molar-refractivity contribution < 1.29 is 22.1 Å². The van der Waals surface area contributed by atoms with Crippen LogP contribution in [0.2, 0.25) is 5.02 Å². The Balaban J connectivity index is 1.78. The van der Waals surface area contributed by atoms with Crippen LogP contribution in [-0.4, -0.2) is 26.9 Å². The molecule has 2 unspecified atom stereocenters. The van der Waals surface area contributed by atoms with Gasteiger partial charge in [0.1, 0.15) is 6.10 Å². The van der Waals surface area contributed by atoms with Gasteiger partial charge in [-0.05, 0) is 18.9 Å². The van der Waals surface area contributed by atoms with E-state index < -0.39 is 16.1 Å². The fraction of sp³-hybridized carbons (Fsp3) is 0.625. The van der Waals surface area contributed by atoms with Crippen LogP contribution in [0.3, 0.4) is 0 Å². The minimum atomic E-state index is -3.96. The molecule has 1 heterocycles. The molecule has 0 bridgehead atoms. The summed E-state index contributed by atoms with van der Waals surface area (Å²) in [6.45, 7) is -0.0517. The highest BCUT2D eigenvalue weighted by molar-refractivity contribution is 7.84. The number of benzene rings is 1. The zero-order chi connectivity index (χ0) is 17.2. The maximum Gasteiger partial charge on any atom is 0.333 e. The Kier molecular flexibility index (Phi) is 5.48.